The number of hydrogen-bond donors (Lipinski definition) is 2. The van der Waals surface area contributed by atoms with Crippen molar-refractivity contribution in [2.24, 2.45) is 0 Å². The maximum atomic E-state index is 13.2. The topological polar surface area (TPSA) is 133 Å². The van der Waals surface area contributed by atoms with Crippen LogP contribution in [0.1, 0.15) is 19.4 Å². The minimum Gasteiger partial charge on any atom is -0.495 e. The minimum absolute atomic E-state index is 0.112. The molecule has 1 unspecified atom stereocenters. The summed E-state index contributed by atoms with van der Waals surface area (Å²) in [6.45, 7) is -1.40. The second-order valence-corrected chi connectivity index (χ2v) is 8.50. The molecule has 0 saturated carbocycles. The van der Waals surface area contributed by atoms with E-state index in [0.29, 0.717) is 11.3 Å². The molecule has 39 heavy (non-hydrogen) atoms. The highest BCUT2D eigenvalue weighted by Gasteiger charge is 2.24. The standard InChI is InChI=1S/C25H21ClF2N4O7/c1-3-17(23(34)29-14-5-7-20-30-21(39-25(35)36)12-31(20)10-14)32-11-19(37-2)16(9-22(32)33)15-8-13(26)4-6-18(15)38-24(27)28/h4-12,17,24H,3H2,1-2H3,(H,29,34)(H,35,36). The third kappa shape index (κ3) is 6.09. The number of imidazole rings is 1. The lowest BCUT2D eigenvalue weighted by molar-refractivity contribution is -0.119. The average molecular weight is 563 g/mol. The number of fused-ring (bicyclic) bond motifs is 1. The van der Waals surface area contributed by atoms with Gasteiger partial charge in [-0.15, -0.1) is 0 Å². The van der Waals surface area contributed by atoms with Crippen molar-refractivity contribution in [1.82, 2.24) is 14.0 Å². The number of benzene rings is 1. The molecule has 1 aromatic carbocycles. The number of ether oxygens (including phenoxy) is 3. The van der Waals surface area contributed by atoms with E-state index >= 15 is 0 Å². The molecule has 0 aliphatic carbocycles. The molecule has 0 bridgehead atoms. The van der Waals surface area contributed by atoms with E-state index in [9.17, 15) is 23.2 Å². The van der Waals surface area contributed by atoms with Crippen molar-refractivity contribution in [1.29, 1.82) is 0 Å². The maximum absolute atomic E-state index is 13.2. The monoisotopic (exact) mass is 562 g/mol. The number of methoxy groups -OCH3 is 1. The predicted octanol–water partition coefficient (Wildman–Crippen LogP) is 5.07. The molecule has 3 heterocycles. The van der Waals surface area contributed by atoms with Crippen LogP contribution in [-0.2, 0) is 4.79 Å². The number of amides is 1. The van der Waals surface area contributed by atoms with Crippen molar-refractivity contribution in [2.75, 3.05) is 12.4 Å². The number of carboxylic acid groups (broad SMARTS) is 1. The van der Waals surface area contributed by atoms with Crippen LogP contribution < -0.4 is 25.1 Å². The number of aromatic nitrogens is 3. The number of rotatable bonds is 9. The molecule has 3 aromatic heterocycles. The number of pyridine rings is 2. The van der Waals surface area contributed by atoms with Crippen LogP contribution in [0.3, 0.4) is 0 Å². The van der Waals surface area contributed by atoms with Gasteiger partial charge in [0.1, 0.15) is 23.2 Å². The Morgan fingerprint density at radius 2 is 1.85 bits per heavy atom. The summed E-state index contributed by atoms with van der Waals surface area (Å²) in [4.78, 5) is 41.1. The Hall–Kier alpha value is -4.65. The quantitative estimate of drug-likeness (QED) is 0.270. The maximum Gasteiger partial charge on any atom is 0.512 e. The summed E-state index contributed by atoms with van der Waals surface area (Å²) in [7, 11) is 1.33. The summed E-state index contributed by atoms with van der Waals surface area (Å²) in [5.74, 6) is -0.757. The molecule has 1 atom stereocenters. The van der Waals surface area contributed by atoms with Crippen molar-refractivity contribution in [2.45, 2.75) is 26.0 Å². The Balaban J connectivity index is 1.66. The Morgan fingerprint density at radius 3 is 2.51 bits per heavy atom. The first-order chi connectivity index (χ1) is 18.6. The van der Waals surface area contributed by atoms with Crippen LogP contribution in [0.15, 0.2) is 59.8 Å². The molecule has 0 aliphatic heterocycles. The van der Waals surface area contributed by atoms with Gasteiger partial charge in [0.05, 0.1) is 25.2 Å². The third-order valence-corrected chi connectivity index (χ3v) is 5.86. The van der Waals surface area contributed by atoms with Crippen molar-refractivity contribution < 1.29 is 37.7 Å². The second-order valence-electron chi connectivity index (χ2n) is 8.06. The summed E-state index contributed by atoms with van der Waals surface area (Å²) < 4.78 is 43.1. The van der Waals surface area contributed by atoms with Gasteiger partial charge >= 0.3 is 12.8 Å². The number of hydrogen-bond acceptors (Lipinski definition) is 7. The zero-order valence-electron chi connectivity index (χ0n) is 20.4. The molecule has 204 valence electrons. The Morgan fingerprint density at radius 1 is 1.10 bits per heavy atom. The van der Waals surface area contributed by atoms with E-state index in [4.69, 9.17) is 21.4 Å². The SMILES string of the molecule is CCC(C(=O)Nc1ccc2nc(OC(=O)O)cn2c1)n1cc(OC)c(-c2cc(Cl)ccc2OC(F)F)cc1=O. The molecule has 0 aliphatic rings. The van der Waals surface area contributed by atoms with Gasteiger partial charge in [-0.25, -0.2) is 4.79 Å². The highest BCUT2D eigenvalue weighted by Crippen LogP contribution is 2.38. The molecule has 0 saturated heterocycles. The van der Waals surface area contributed by atoms with E-state index in [1.165, 1.54) is 52.9 Å². The lowest BCUT2D eigenvalue weighted by Crippen LogP contribution is -2.32. The highest BCUT2D eigenvalue weighted by molar-refractivity contribution is 6.31. The van der Waals surface area contributed by atoms with Gasteiger partial charge < -0.3 is 29.0 Å². The van der Waals surface area contributed by atoms with Crippen molar-refractivity contribution in [3.05, 3.63) is 70.4 Å². The van der Waals surface area contributed by atoms with Gasteiger partial charge in [0.25, 0.3) is 5.56 Å². The summed E-state index contributed by atoms with van der Waals surface area (Å²) in [6.07, 6.45) is 2.84. The van der Waals surface area contributed by atoms with Gasteiger partial charge in [-0.05, 0) is 36.8 Å². The van der Waals surface area contributed by atoms with Gasteiger partial charge in [0, 0.05) is 28.4 Å². The number of anilines is 1. The van der Waals surface area contributed by atoms with Gasteiger partial charge in [-0.2, -0.15) is 13.8 Å². The van der Waals surface area contributed by atoms with E-state index in [0.717, 1.165) is 6.07 Å². The molecule has 11 nitrogen and oxygen atoms in total. The van der Waals surface area contributed by atoms with Crippen LogP contribution in [0, 0.1) is 0 Å². The normalized spacial score (nSPS) is 11.8. The van der Waals surface area contributed by atoms with Gasteiger partial charge in [0.2, 0.25) is 11.8 Å². The molecular formula is C25H21ClF2N4O7. The fourth-order valence-corrected chi connectivity index (χ4v) is 4.14. The minimum atomic E-state index is -3.11. The number of alkyl halides is 2. The van der Waals surface area contributed by atoms with Gasteiger partial charge in [-0.3, -0.25) is 14.2 Å². The smallest absolute Gasteiger partial charge is 0.495 e. The molecule has 1 amide bonds. The number of halogens is 3. The molecular weight excluding hydrogens is 542 g/mol. The number of nitrogens with zero attached hydrogens (tertiary/aromatic N) is 3. The van der Waals surface area contributed by atoms with Gasteiger partial charge in [0.15, 0.2) is 0 Å². The number of carbonyl (C=O) groups excluding carboxylic acids is 1. The van der Waals surface area contributed by atoms with Crippen LogP contribution in [0.5, 0.6) is 17.4 Å². The molecule has 0 fully saturated rings. The fourth-order valence-electron chi connectivity index (χ4n) is 3.97. The van der Waals surface area contributed by atoms with Crippen LogP contribution >= 0.6 is 11.6 Å². The van der Waals surface area contributed by atoms with E-state index in [1.807, 2.05) is 0 Å². The highest BCUT2D eigenvalue weighted by atomic mass is 35.5. The second kappa shape index (κ2) is 11.4. The summed E-state index contributed by atoms with van der Waals surface area (Å²) >= 11 is 6.06. The van der Waals surface area contributed by atoms with Crippen LogP contribution in [0.4, 0.5) is 19.3 Å². The Bertz CT molecular complexity index is 1610. The molecule has 2 N–H and O–H groups in total. The number of nitrogens with one attached hydrogen (secondary N) is 1. The lowest BCUT2D eigenvalue weighted by atomic mass is 10.0. The first-order valence-corrected chi connectivity index (χ1v) is 11.7. The molecule has 0 spiro atoms. The zero-order valence-corrected chi connectivity index (χ0v) is 21.2. The zero-order chi connectivity index (χ0) is 28.3. The van der Waals surface area contributed by atoms with Gasteiger partial charge in [-0.1, -0.05) is 18.5 Å². The molecule has 0 radical (unpaired) electrons. The molecule has 4 rings (SSSR count). The summed E-state index contributed by atoms with van der Waals surface area (Å²) in [5, 5.41) is 11.7. The predicted molar refractivity (Wildman–Crippen MR) is 136 cm³/mol. The van der Waals surface area contributed by atoms with E-state index in [2.05, 4.69) is 19.8 Å². The first kappa shape index (κ1) is 27.4. The largest absolute Gasteiger partial charge is 0.512 e. The average Bonchev–Trinajstić information content (AvgIpc) is 3.26. The molecule has 14 heteroatoms. The third-order valence-electron chi connectivity index (χ3n) is 5.63. The van der Waals surface area contributed by atoms with Crippen molar-refractivity contribution >= 4 is 35.0 Å². The summed E-state index contributed by atoms with van der Waals surface area (Å²) in [5.41, 5.74) is 0.383. The van der Waals surface area contributed by atoms with Crippen molar-refractivity contribution in [3.8, 4) is 28.5 Å². The van der Waals surface area contributed by atoms with Crippen LogP contribution in [0.2, 0.25) is 5.02 Å². The van der Waals surface area contributed by atoms with E-state index in [-0.39, 0.29) is 39.9 Å². The van der Waals surface area contributed by atoms with E-state index < -0.39 is 30.3 Å². The van der Waals surface area contributed by atoms with Crippen molar-refractivity contribution in [3.63, 3.8) is 0 Å². The fraction of sp³-hybridized carbons (Fsp3) is 0.200. The molecule has 4 aromatic rings. The number of carbonyl (C=O) groups is 2. The lowest BCUT2D eigenvalue weighted by Gasteiger charge is -2.21. The Kier molecular flexibility index (Phi) is 8.00. The van der Waals surface area contributed by atoms with E-state index in [1.54, 1.807) is 19.1 Å². The summed E-state index contributed by atoms with van der Waals surface area (Å²) in [6, 6.07) is 7.26. The van der Waals surface area contributed by atoms with Crippen LogP contribution in [0.25, 0.3) is 16.8 Å². The Labute approximate surface area is 224 Å². The van der Waals surface area contributed by atoms with Crippen LogP contribution in [-0.4, -0.2) is 44.8 Å². The first-order valence-electron chi connectivity index (χ1n) is 11.3.